The molecule has 0 aromatic heterocycles. The van der Waals surface area contributed by atoms with Gasteiger partial charge in [0.15, 0.2) is 0 Å². The van der Waals surface area contributed by atoms with Crippen molar-refractivity contribution in [2.45, 2.75) is 32.3 Å². The van der Waals surface area contributed by atoms with Crippen LogP contribution < -0.4 is 0 Å². The van der Waals surface area contributed by atoms with Crippen LogP contribution in [0.1, 0.15) is 26.2 Å². The predicted molar refractivity (Wildman–Crippen MR) is 38.1 cm³/mol. The summed E-state index contributed by atoms with van der Waals surface area (Å²) in [4.78, 5) is 0. The molecule has 0 aromatic carbocycles. The van der Waals surface area contributed by atoms with Gasteiger partial charge in [0.1, 0.15) is 6.10 Å². The average Bonchev–Trinajstić information content (AvgIpc) is 2.34. The summed E-state index contributed by atoms with van der Waals surface area (Å²) in [6.07, 6.45) is 2.64. The molecular formula is C8H13NO. The Hall–Kier alpha value is -0.550. The molecule has 56 valence electrons. The van der Waals surface area contributed by atoms with Gasteiger partial charge in [-0.05, 0) is 12.3 Å². The SMILES string of the molecule is CC1CCCC1C(O)C#N. The van der Waals surface area contributed by atoms with E-state index in [0.717, 1.165) is 6.42 Å². The number of nitriles is 1. The minimum absolute atomic E-state index is 0.241. The molecule has 0 aromatic rings. The summed E-state index contributed by atoms with van der Waals surface area (Å²) in [7, 11) is 0. The van der Waals surface area contributed by atoms with Crippen molar-refractivity contribution in [3.8, 4) is 6.07 Å². The third kappa shape index (κ3) is 1.30. The number of hydrogen-bond donors (Lipinski definition) is 1. The summed E-state index contributed by atoms with van der Waals surface area (Å²) in [5, 5.41) is 17.6. The minimum Gasteiger partial charge on any atom is -0.378 e. The van der Waals surface area contributed by atoms with Crippen LogP contribution in [0, 0.1) is 23.2 Å². The lowest BCUT2D eigenvalue weighted by Gasteiger charge is -2.15. The van der Waals surface area contributed by atoms with Gasteiger partial charge in [-0.15, -0.1) is 0 Å². The first-order valence-corrected chi connectivity index (χ1v) is 3.83. The van der Waals surface area contributed by atoms with Crippen LogP contribution in [0.15, 0.2) is 0 Å². The summed E-state index contributed by atoms with van der Waals surface area (Å²) < 4.78 is 0. The predicted octanol–water partition coefficient (Wildman–Crippen LogP) is 1.31. The van der Waals surface area contributed by atoms with E-state index < -0.39 is 6.10 Å². The van der Waals surface area contributed by atoms with E-state index in [1.54, 1.807) is 0 Å². The van der Waals surface area contributed by atoms with Crippen LogP contribution in [0.2, 0.25) is 0 Å². The second kappa shape index (κ2) is 3.03. The first kappa shape index (κ1) is 7.56. The molecule has 1 aliphatic carbocycles. The molecule has 1 N–H and O–H groups in total. The number of rotatable bonds is 1. The van der Waals surface area contributed by atoms with Crippen molar-refractivity contribution in [2.75, 3.05) is 0 Å². The van der Waals surface area contributed by atoms with Crippen LogP contribution in [0.25, 0.3) is 0 Å². The van der Waals surface area contributed by atoms with Crippen molar-refractivity contribution in [3.05, 3.63) is 0 Å². The largest absolute Gasteiger partial charge is 0.378 e. The monoisotopic (exact) mass is 139 g/mol. The van der Waals surface area contributed by atoms with E-state index in [4.69, 9.17) is 10.4 Å². The van der Waals surface area contributed by atoms with Crippen LogP contribution in [0.3, 0.4) is 0 Å². The van der Waals surface area contributed by atoms with E-state index in [1.807, 2.05) is 6.07 Å². The van der Waals surface area contributed by atoms with E-state index in [-0.39, 0.29) is 5.92 Å². The molecule has 0 saturated heterocycles. The molecule has 3 atom stereocenters. The van der Waals surface area contributed by atoms with Gasteiger partial charge in [-0.25, -0.2) is 0 Å². The molecule has 10 heavy (non-hydrogen) atoms. The molecule has 0 aliphatic heterocycles. The molecule has 0 radical (unpaired) electrons. The summed E-state index contributed by atoms with van der Waals surface area (Å²) >= 11 is 0. The van der Waals surface area contributed by atoms with Crippen molar-refractivity contribution < 1.29 is 5.11 Å². The van der Waals surface area contributed by atoms with Gasteiger partial charge in [-0.1, -0.05) is 19.8 Å². The van der Waals surface area contributed by atoms with Gasteiger partial charge in [0, 0.05) is 5.92 Å². The highest BCUT2D eigenvalue weighted by Gasteiger charge is 2.29. The van der Waals surface area contributed by atoms with Crippen molar-refractivity contribution >= 4 is 0 Å². The standard InChI is InChI=1S/C8H13NO/c1-6-3-2-4-7(6)8(10)5-9/h6-8,10H,2-4H2,1H3. The topological polar surface area (TPSA) is 44.0 Å². The smallest absolute Gasteiger partial charge is 0.143 e. The molecule has 0 amide bonds. The van der Waals surface area contributed by atoms with Crippen LogP contribution in [0.4, 0.5) is 0 Å². The average molecular weight is 139 g/mol. The summed E-state index contributed by atoms with van der Waals surface area (Å²) in [6.45, 7) is 2.11. The molecule has 1 fully saturated rings. The summed E-state index contributed by atoms with van der Waals surface area (Å²) in [5.41, 5.74) is 0. The van der Waals surface area contributed by atoms with Gasteiger partial charge in [-0.3, -0.25) is 0 Å². The Morgan fingerprint density at radius 1 is 1.60 bits per heavy atom. The fraction of sp³-hybridized carbons (Fsp3) is 0.875. The van der Waals surface area contributed by atoms with E-state index in [0.29, 0.717) is 5.92 Å². The maximum absolute atomic E-state index is 9.17. The molecule has 0 spiro atoms. The van der Waals surface area contributed by atoms with Gasteiger partial charge in [0.05, 0.1) is 6.07 Å². The maximum atomic E-state index is 9.17. The maximum Gasteiger partial charge on any atom is 0.143 e. The van der Waals surface area contributed by atoms with Gasteiger partial charge >= 0.3 is 0 Å². The molecule has 2 nitrogen and oxygen atoms in total. The Balaban J connectivity index is 2.48. The third-order valence-electron chi connectivity index (χ3n) is 2.47. The Morgan fingerprint density at radius 2 is 2.30 bits per heavy atom. The Bertz CT molecular complexity index is 150. The minimum atomic E-state index is -0.725. The number of aliphatic hydroxyl groups is 1. The fourth-order valence-corrected chi connectivity index (χ4v) is 1.74. The lowest BCUT2D eigenvalue weighted by molar-refractivity contribution is 0.138. The van der Waals surface area contributed by atoms with Crippen molar-refractivity contribution in [3.63, 3.8) is 0 Å². The molecular weight excluding hydrogens is 126 g/mol. The highest BCUT2D eigenvalue weighted by atomic mass is 16.3. The van der Waals surface area contributed by atoms with Crippen LogP contribution in [-0.4, -0.2) is 11.2 Å². The van der Waals surface area contributed by atoms with Gasteiger partial charge < -0.3 is 5.11 Å². The number of aliphatic hydroxyl groups excluding tert-OH is 1. The van der Waals surface area contributed by atoms with E-state index in [2.05, 4.69) is 6.92 Å². The van der Waals surface area contributed by atoms with Crippen molar-refractivity contribution in [2.24, 2.45) is 11.8 Å². The highest BCUT2D eigenvalue weighted by Crippen LogP contribution is 2.33. The van der Waals surface area contributed by atoms with Gasteiger partial charge in [-0.2, -0.15) is 5.26 Å². The first-order chi connectivity index (χ1) is 4.75. The highest BCUT2D eigenvalue weighted by molar-refractivity contribution is 4.92. The van der Waals surface area contributed by atoms with E-state index >= 15 is 0 Å². The molecule has 1 saturated carbocycles. The van der Waals surface area contributed by atoms with Crippen LogP contribution >= 0.6 is 0 Å². The fourth-order valence-electron chi connectivity index (χ4n) is 1.74. The van der Waals surface area contributed by atoms with Crippen LogP contribution in [-0.2, 0) is 0 Å². The normalized spacial score (nSPS) is 35.3. The van der Waals surface area contributed by atoms with Crippen LogP contribution in [0.5, 0.6) is 0 Å². The van der Waals surface area contributed by atoms with Crippen molar-refractivity contribution in [1.29, 1.82) is 5.26 Å². The Labute approximate surface area is 61.5 Å². The molecule has 3 unspecified atom stereocenters. The van der Waals surface area contributed by atoms with E-state index in [1.165, 1.54) is 12.8 Å². The second-order valence-corrected chi connectivity index (χ2v) is 3.15. The molecule has 0 bridgehead atoms. The van der Waals surface area contributed by atoms with E-state index in [9.17, 15) is 0 Å². The number of nitrogens with zero attached hydrogens (tertiary/aromatic N) is 1. The zero-order valence-electron chi connectivity index (χ0n) is 6.25. The Kier molecular flexibility index (Phi) is 2.29. The molecule has 1 rings (SSSR count). The summed E-state index contributed by atoms with van der Waals surface area (Å²) in [5.74, 6) is 0.777. The van der Waals surface area contributed by atoms with Crippen molar-refractivity contribution in [1.82, 2.24) is 0 Å². The lowest BCUT2D eigenvalue weighted by atomic mass is 9.93. The lowest BCUT2D eigenvalue weighted by Crippen LogP contribution is -2.20. The second-order valence-electron chi connectivity index (χ2n) is 3.15. The van der Waals surface area contributed by atoms with Gasteiger partial charge in [0.2, 0.25) is 0 Å². The molecule has 2 heteroatoms. The first-order valence-electron chi connectivity index (χ1n) is 3.83. The zero-order chi connectivity index (χ0) is 7.56. The van der Waals surface area contributed by atoms with Gasteiger partial charge in [0.25, 0.3) is 0 Å². The summed E-state index contributed by atoms with van der Waals surface area (Å²) in [6, 6.07) is 1.89. The zero-order valence-corrected chi connectivity index (χ0v) is 6.25. The molecule has 1 aliphatic rings. The Morgan fingerprint density at radius 3 is 2.70 bits per heavy atom. The molecule has 0 heterocycles. The number of hydrogen-bond acceptors (Lipinski definition) is 2. The quantitative estimate of drug-likeness (QED) is 0.556. The third-order valence-corrected chi connectivity index (χ3v) is 2.47.